The second-order valence-electron chi connectivity index (χ2n) is 6.16. The van der Waals surface area contributed by atoms with Crippen molar-refractivity contribution in [2.75, 3.05) is 13.2 Å². The molecule has 1 N–H and O–H groups in total. The molecule has 1 aliphatic heterocycles. The molecule has 3 heteroatoms. The van der Waals surface area contributed by atoms with Crippen molar-refractivity contribution < 1.29 is 9.47 Å². The molecule has 0 amide bonds. The van der Waals surface area contributed by atoms with Crippen LogP contribution in [0, 0.1) is 5.92 Å². The minimum Gasteiger partial charge on any atom is -0.490 e. The molecule has 3 rings (SSSR count). The summed E-state index contributed by atoms with van der Waals surface area (Å²) in [7, 11) is 0. The predicted molar refractivity (Wildman–Crippen MR) is 80.4 cm³/mol. The zero-order valence-electron chi connectivity index (χ0n) is 12.5. The van der Waals surface area contributed by atoms with Crippen molar-refractivity contribution >= 4 is 0 Å². The Morgan fingerprint density at radius 1 is 1.10 bits per heavy atom. The third kappa shape index (κ3) is 2.93. The normalized spacial score (nSPS) is 27.1. The number of fused-ring (bicyclic) bond motifs is 1. The molecular weight excluding hydrogens is 250 g/mol. The van der Waals surface area contributed by atoms with Gasteiger partial charge >= 0.3 is 0 Å². The molecule has 1 saturated carbocycles. The second kappa shape index (κ2) is 6.04. The lowest BCUT2D eigenvalue weighted by atomic mass is 10.0. The number of benzene rings is 1. The van der Waals surface area contributed by atoms with Gasteiger partial charge in [0.1, 0.15) is 0 Å². The van der Waals surface area contributed by atoms with Gasteiger partial charge in [0, 0.05) is 18.5 Å². The van der Waals surface area contributed by atoms with Gasteiger partial charge in [-0.1, -0.05) is 19.4 Å². The highest BCUT2D eigenvalue weighted by Gasteiger charge is 2.25. The third-order valence-electron chi connectivity index (χ3n) is 4.60. The summed E-state index contributed by atoms with van der Waals surface area (Å²) >= 11 is 0. The summed E-state index contributed by atoms with van der Waals surface area (Å²) < 4.78 is 11.5. The van der Waals surface area contributed by atoms with Crippen LogP contribution in [-0.2, 0) is 0 Å². The Balaban J connectivity index is 1.71. The lowest BCUT2D eigenvalue weighted by Crippen LogP contribution is -2.33. The molecular formula is C17H25NO2. The average molecular weight is 275 g/mol. The van der Waals surface area contributed by atoms with Crippen molar-refractivity contribution in [3.05, 3.63) is 23.8 Å². The van der Waals surface area contributed by atoms with E-state index in [9.17, 15) is 0 Å². The van der Waals surface area contributed by atoms with Crippen LogP contribution in [0.3, 0.4) is 0 Å². The second-order valence-corrected chi connectivity index (χ2v) is 6.16. The standard InChI is InChI=1S/C17H25NO2/c1-12-5-3-6-15(12)18-13(2)14-7-8-16-17(11-14)20-10-4-9-19-16/h7-8,11-13,15,18H,3-6,9-10H2,1-2H3. The first-order valence-corrected chi connectivity index (χ1v) is 7.89. The Hall–Kier alpha value is -1.22. The van der Waals surface area contributed by atoms with Crippen LogP contribution in [0.5, 0.6) is 11.5 Å². The van der Waals surface area contributed by atoms with Crippen LogP contribution in [-0.4, -0.2) is 19.3 Å². The van der Waals surface area contributed by atoms with Crippen LogP contribution in [0.4, 0.5) is 0 Å². The van der Waals surface area contributed by atoms with E-state index in [0.29, 0.717) is 12.1 Å². The Labute approximate surface area is 121 Å². The summed E-state index contributed by atoms with van der Waals surface area (Å²) in [6.07, 6.45) is 4.96. The van der Waals surface area contributed by atoms with Gasteiger partial charge in [-0.25, -0.2) is 0 Å². The number of nitrogens with one attached hydrogen (secondary N) is 1. The number of ether oxygens (including phenoxy) is 2. The number of hydrogen-bond donors (Lipinski definition) is 1. The highest BCUT2D eigenvalue weighted by Crippen LogP contribution is 2.33. The summed E-state index contributed by atoms with van der Waals surface area (Å²) in [6, 6.07) is 7.35. The maximum absolute atomic E-state index is 5.78. The Morgan fingerprint density at radius 2 is 1.90 bits per heavy atom. The molecule has 3 atom stereocenters. The van der Waals surface area contributed by atoms with E-state index in [1.165, 1.54) is 24.8 Å². The third-order valence-corrected chi connectivity index (χ3v) is 4.60. The Bertz CT molecular complexity index is 460. The molecule has 1 aromatic rings. The molecule has 1 fully saturated rings. The molecule has 0 radical (unpaired) electrons. The fourth-order valence-electron chi connectivity index (χ4n) is 3.26. The van der Waals surface area contributed by atoms with E-state index in [-0.39, 0.29) is 0 Å². The Kier molecular flexibility index (Phi) is 4.16. The van der Waals surface area contributed by atoms with Gasteiger partial charge < -0.3 is 14.8 Å². The molecule has 0 aromatic heterocycles. The van der Waals surface area contributed by atoms with E-state index in [4.69, 9.17) is 9.47 Å². The first-order valence-electron chi connectivity index (χ1n) is 7.89. The molecule has 1 heterocycles. The van der Waals surface area contributed by atoms with E-state index in [1.54, 1.807) is 0 Å². The van der Waals surface area contributed by atoms with Gasteiger partial charge in [0.15, 0.2) is 11.5 Å². The first kappa shape index (κ1) is 13.7. The van der Waals surface area contributed by atoms with Crippen LogP contribution in [0.2, 0.25) is 0 Å². The van der Waals surface area contributed by atoms with Gasteiger partial charge in [-0.05, 0) is 43.4 Å². The van der Waals surface area contributed by atoms with Crippen LogP contribution >= 0.6 is 0 Å². The van der Waals surface area contributed by atoms with Crippen molar-refractivity contribution in [2.24, 2.45) is 5.92 Å². The minimum absolute atomic E-state index is 0.359. The molecule has 20 heavy (non-hydrogen) atoms. The molecule has 2 aliphatic rings. The van der Waals surface area contributed by atoms with E-state index in [1.807, 2.05) is 6.07 Å². The summed E-state index contributed by atoms with van der Waals surface area (Å²) in [4.78, 5) is 0. The van der Waals surface area contributed by atoms with E-state index in [0.717, 1.165) is 37.1 Å². The molecule has 1 aliphatic carbocycles. The molecule has 3 nitrogen and oxygen atoms in total. The molecule has 0 saturated heterocycles. The van der Waals surface area contributed by atoms with Gasteiger partial charge in [-0.15, -0.1) is 0 Å². The maximum atomic E-state index is 5.78. The van der Waals surface area contributed by atoms with Crippen LogP contribution < -0.4 is 14.8 Å². The number of rotatable bonds is 3. The fraction of sp³-hybridized carbons (Fsp3) is 0.647. The van der Waals surface area contributed by atoms with Crippen molar-refractivity contribution in [1.29, 1.82) is 0 Å². The lowest BCUT2D eigenvalue weighted by molar-refractivity contribution is 0.297. The lowest BCUT2D eigenvalue weighted by Gasteiger charge is -2.23. The monoisotopic (exact) mass is 275 g/mol. The smallest absolute Gasteiger partial charge is 0.161 e. The summed E-state index contributed by atoms with van der Waals surface area (Å²) in [5, 5.41) is 3.77. The number of hydrogen-bond acceptors (Lipinski definition) is 3. The Morgan fingerprint density at radius 3 is 2.65 bits per heavy atom. The summed E-state index contributed by atoms with van der Waals surface area (Å²) in [6.45, 7) is 6.09. The van der Waals surface area contributed by atoms with E-state index in [2.05, 4.69) is 31.3 Å². The van der Waals surface area contributed by atoms with Crippen molar-refractivity contribution in [3.63, 3.8) is 0 Å². The highest BCUT2D eigenvalue weighted by molar-refractivity contribution is 5.44. The molecule has 110 valence electrons. The van der Waals surface area contributed by atoms with E-state index < -0.39 is 0 Å². The molecule has 3 unspecified atom stereocenters. The minimum atomic E-state index is 0.359. The average Bonchev–Trinajstić information content (AvgIpc) is 2.73. The zero-order valence-corrected chi connectivity index (χ0v) is 12.5. The molecule has 1 aromatic carbocycles. The quantitative estimate of drug-likeness (QED) is 0.912. The summed E-state index contributed by atoms with van der Waals surface area (Å²) in [5.74, 6) is 2.57. The SMILES string of the molecule is CC(NC1CCCC1C)c1ccc2c(c1)OCCCO2. The predicted octanol–water partition coefficient (Wildman–Crippen LogP) is 3.69. The van der Waals surface area contributed by atoms with Gasteiger partial charge in [0.2, 0.25) is 0 Å². The van der Waals surface area contributed by atoms with Gasteiger partial charge in [0.25, 0.3) is 0 Å². The van der Waals surface area contributed by atoms with Gasteiger partial charge in [-0.3, -0.25) is 0 Å². The van der Waals surface area contributed by atoms with Gasteiger partial charge in [-0.2, -0.15) is 0 Å². The van der Waals surface area contributed by atoms with Crippen LogP contribution in [0.1, 0.15) is 51.1 Å². The highest BCUT2D eigenvalue weighted by atomic mass is 16.5. The fourth-order valence-corrected chi connectivity index (χ4v) is 3.26. The topological polar surface area (TPSA) is 30.5 Å². The molecule has 0 bridgehead atoms. The van der Waals surface area contributed by atoms with Crippen molar-refractivity contribution in [3.8, 4) is 11.5 Å². The van der Waals surface area contributed by atoms with Gasteiger partial charge in [0.05, 0.1) is 13.2 Å². The summed E-state index contributed by atoms with van der Waals surface area (Å²) in [5.41, 5.74) is 1.29. The van der Waals surface area contributed by atoms with Crippen LogP contribution in [0.15, 0.2) is 18.2 Å². The maximum Gasteiger partial charge on any atom is 0.161 e. The largest absolute Gasteiger partial charge is 0.490 e. The first-order chi connectivity index (χ1) is 9.74. The van der Waals surface area contributed by atoms with Crippen molar-refractivity contribution in [2.45, 2.75) is 51.6 Å². The van der Waals surface area contributed by atoms with E-state index >= 15 is 0 Å². The van der Waals surface area contributed by atoms with Crippen LogP contribution in [0.25, 0.3) is 0 Å². The molecule has 0 spiro atoms. The van der Waals surface area contributed by atoms with Crippen molar-refractivity contribution in [1.82, 2.24) is 5.32 Å². The zero-order chi connectivity index (χ0) is 13.9.